The molecule has 3 aromatic heterocycles. The molecule has 0 amide bonds. The largest absolute Gasteiger partial charge is 0.344 e. The first kappa shape index (κ1) is 19.4. The molecule has 0 N–H and O–H groups in total. The molecule has 30 heavy (non-hydrogen) atoms. The lowest BCUT2D eigenvalue weighted by molar-refractivity contribution is 0.190. The van der Waals surface area contributed by atoms with Crippen molar-refractivity contribution in [2.45, 2.75) is 39.2 Å². The van der Waals surface area contributed by atoms with Gasteiger partial charge >= 0.3 is 0 Å². The molecular formula is C22H24FN5OS. The van der Waals surface area contributed by atoms with Gasteiger partial charge in [0.25, 0.3) is 5.56 Å². The van der Waals surface area contributed by atoms with Crippen molar-refractivity contribution in [1.82, 2.24) is 24.1 Å². The number of fused-ring (bicyclic) bond motifs is 2. The number of likely N-dealkylation sites (tertiary alicyclic amines) is 1. The third-order valence-corrected chi connectivity index (χ3v) is 7.01. The summed E-state index contributed by atoms with van der Waals surface area (Å²) in [5.41, 5.74) is 2.63. The van der Waals surface area contributed by atoms with Crippen LogP contribution in [-0.4, -0.2) is 43.7 Å². The van der Waals surface area contributed by atoms with Crippen LogP contribution in [0.15, 0.2) is 35.3 Å². The maximum absolute atomic E-state index is 13.5. The van der Waals surface area contributed by atoms with E-state index >= 15 is 0 Å². The van der Waals surface area contributed by atoms with Crippen LogP contribution in [0.4, 0.5) is 4.39 Å². The molecule has 0 atom stereocenters. The fourth-order valence-electron chi connectivity index (χ4n) is 4.54. The monoisotopic (exact) mass is 425 g/mol. The van der Waals surface area contributed by atoms with Gasteiger partial charge in [-0.25, -0.2) is 8.91 Å². The summed E-state index contributed by atoms with van der Waals surface area (Å²) in [6.45, 7) is 6.69. The lowest BCUT2D eigenvalue weighted by atomic mass is 10.0. The van der Waals surface area contributed by atoms with Gasteiger partial charge in [0.2, 0.25) is 4.96 Å². The third-order valence-electron chi connectivity index (χ3n) is 6.18. The Bertz CT molecular complexity index is 1280. The summed E-state index contributed by atoms with van der Waals surface area (Å²) in [4.78, 5) is 19.8. The van der Waals surface area contributed by atoms with Crippen LogP contribution in [0.25, 0.3) is 15.9 Å². The molecule has 0 bridgehead atoms. The van der Waals surface area contributed by atoms with Gasteiger partial charge in [-0.05, 0) is 57.4 Å². The van der Waals surface area contributed by atoms with Crippen molar-refractivity contribution in [3.8, 4) is 0 Å². The van der Waals surface area contributed by atoms with E-state index in [-0.39, 0.29) is 11.4 Å². The van der Waals surface area contributed by atoms with Crippen molar-refractivity contribution in [3.63, 3.8) is 0 Å². The molecule has 1 aromatic carbocycles. The zero-order chi connectivity index (χ0) is 20.8. The van der Waals surface area contributed by atoms with Gasteiger partial charge in [0.05, 0.1) is 5.69 Å². The summed E-state index contributed by atoms with van der Waals surface area (Å²) in [5.74, 6) is -0.193. The van der Waals surface area contributed by atoms with E-state index in [2.05, 4.69) is 25.7 Å². The lowest BCUT2D eigenvalue weighted by Gasteiger charge is -2.33. The summed E-state index contributed by atoms with van der Waals surface area (Å²) >= 11 is 1.44. The number of piperidine rings is 1. The highest BCUT2D eigenvalue weighted by Crippen LogP contribution is 2.28. The Morgan fingerprint density at radius 3 is 2.80 bits per heavy atom. The quantitative estimate of drug-likeness (QED) is 0.500. The van der Waals surface area contributed by atoms with Gasteiger partial charge in [0.15, 0.2) is 0 Å². The topological polar surface area (TPSA) is 55.4 Å². The van der Waals surface area contributed by atoms with Crippen LogP contribution in [0, 0.1) is 19.7 Å². The first-order valence-corrected chi connectivity index (χ1v) is 11.2. The Kier molecular flexibility index (Phi) is 4.91. The predicted molar refractivity (Wildman–Crippen MR) is 117 cm³/mol. The van der Waals surface area contributed by atoms with E-state index in [0.717, 1.165) is 59.6 Å². The van der Waals surface area contributed by atoms with Gasteiger partial charge in [-0.15, -0.1) is 0 Å². The van der Waals surface area contributed by atoms with Crippen LogP contribution in [0.1, 0.15) is 35.1 Å². The van der Waals surface area contributed by atoms with Crippen LogP contribution in [0.3, 0.4) is 0 Å². The molecule has 4 aromatic rings. The minimum absolute atomic E-state index is 0.128. The average molecular weight is 426 g/mol. The van der Waals surface area contributed by atoms with Gasteiger partial charge in [-0.1, -0.05) is 11.3 Å². The van der Waals surface area contributed by atoms with Crippen molar-refractivity contribution >= 4 is 27.2 Å². The molecule has 0 unspecified atom stereocenters. The summed E-state index contributed by atoms with van der Waals surface area (Å²) in [5, 5.41) is 6.33. The van der Waals surface area contributed by atoms with Crippen molar-refractivity contribution in [3.05, 3.63) is 62.9 Å². The molecule has 0 aliphatic carbocycles. The highest BCUT2D eigenvalue weighted by atomic mass is 32.1. The molecule has 156 valence electrons. The van der Waals surface area contributed by atoms with Gasteiger partial charge < -0.3 is 9.47 Å². The minimum atomic E-state index is -0.193. The first-order valence-electron chi connectivity index (χ1n) is 10.3. The molecule has 1 aliphatic rings. The molecule has 8 heteroatoms. The predicted octanol–water partition coefficient (Wildman–Crippen LogP) is 3.74. The van der Waals surface area contributed by atoms with E-state index < -0.39 is 0 Å². The van der Waals surface area contributed by atoms with E-state index in [4.69, 9.17) is 0 Å². The molecule has 5 rings (SSSR count). The Morgan fingerprint density at radius 2 is 2.00 bits per heavy atom. The van der Waals surface area contributed by atoms with Gasteiger partial charge in [-0.3, -0.25) is 4.79 Å². The fourth-order valence-corrected chi connectivity index (χ4v) is 5.32. The van der Waals surface area contributed by atoms with Gasteiger partial charge in [-0.2, -0.15) is 10.1 Å². The van der Waals surface area contributed by atoms with E-state index in [0.29, 0.717) is 17.4 Å². The number of nitrogens with zero attached hydrogens (tertiary/aromatic N) is 5. The molecule has 1 aliphatic heterocycles. The molecule has 0 saturated carbocycles. The smallest absolute Gasteiger partial charge is 0.277 e. The second-order valence-electron chi connectivity index (χ2n) is 8.05. The number of benzene rings is 1. The van der Waals surface area contributed by atoms with Crippen molar-refractivity contribution in [2.24, 2.45) is 0 Å². The standard InChI is InChI=1S/C22H24FN5OS/c1-14-19(21(29)24-22-28(14)25-15(2)30-22)8-11-26-9-6-18(7-10-26)27-12-5-16-13-17(23)3-4-20(16)27/h3-5,12-13,18H,6-11H2,1-2H3. The number of hydrogen-bond acceptors (Lipinski definition) is 5. The summed E-state index contributed by atoms with van der Waals surface area (Å²) in [7, 11) is 0. The van der Waals surface area contributed by atoms with Crippen molar-refractivity contribution < 1.29 is 4.39 Å². The second kappa shape index (κ2) is 7.59. The Morgan fingerprint density at radius 1 is 1.20 bits per heavy atom. The number of aromatic nitrogens is 4. The zero-order valence-electron chi connectivity index (χ0n) is 17.1. The summed E-state index contributed by atoms with van der Waals surface area (Å²) in [6, 6.07) is 7.41. The number of hydrogen-bond donors (Lipinski definition) is 0. The zero-order valence-corrected chi connectivity index (χ0v) is 18.0. The normalized spacial score (nSPS) is 16.1. The lowest BCUT2D eigenvalue weighted by Crippen LogP contribution is -2.36. The molecule has 1 saturated heterocycles. The molecule has 0 spiro atoms. The molecule has 6 nitrogen and oxygen atoms in total. The number of rotatable bonds is 4. The summed E-state index contributed by atoms with van der Waals surface area (Å²) < 4.78 is 17.5. The Balaban J connectivity index is 1.26. The van der Waals surface area contributed by atoms with E-state index in [1.807, 2.05) is 26.0 Å². The molecule has 4 heterocycles. The van der Waals surface area contributed by atoms with Crippen molar-refractivity contribution in [1.29, 1.82) is 0 Å². The highest BCUT2D eigenvalue weighted by Gasteiger charge is 2.22. The Labute approximate surface area is 177 Å². The number of halogens is 1. The molecular weight excluding hydrogens is 401 g/mol. The SMILES string of the molecule is Cc1nn2c(C)c(CCN3CCC(n4ccc5cc(F)ccc54)CC3)c(=O)nc2s1. The van der Waals surface area contributed by atoms with E-state index in [1.165, 1.54) is 17.4 Å². The summed E-state index contributed by atoms with van der Waals surface area (Å²) in [6.07, 6.45) is 4.85. The first-order chi connectivity index (χ1) is 14.5. The van der Waals surface area contributed by atoms with Crippen molar-refractivity contribution in [2.75, 3.05) is 19.6 Å². The maximum atomic E-state index is 13.5. The third kappa shape index (κ3) is 3.44. The molecule has 0 radical (unpaired) electrons. The van der Waals surface area contributed by atoms with Gasteiger partial charge in [0, 0.05) is 48.3 Å². The second-order valence-corrected chi connectivity index (χ2v) is 9.21. The number of aryl methyl sites for hydroxylation is 2. The minimum Gasteiger partial charge on any atom is -0.344 e. The van der Waals surface area contributed by atoms with Crippen LogP contribution in [0.5, 0.6) is 0 Å². The van der Waals surface area contributed by atoms with E-state index in [9.17, 15) is 9.18 Å². The Hall–Kier alpha value is -2.58. The average Bonchev–Trinajstić information content (AvgIpc) is 3.31. The highest BCUT2D eigenvalue weighted by molar-refractivity contribution is 7.16. The maximum Gasteiger partial charge on any atom is 0.277 e. The van der Waals surface area contributed by atoms with E-state index in [1.54, 1.807) is 10.6 Å². The van der Waals surface area contributed by atoms with Crippen LogP contribution >= 0.6 is 11.3 Å². The van der Waals surface area contributed by atoms with Gasteiger partial charge in [0.1, 0.15) is 10.8 Å². The molecule has 1 fully saturated rings. The fraction of sp³-hybridized carbons (Fsp3) is 0.409. The van der Waals surface area contributed by atoms with Crippen LogP contribution in [-0.2, 0) is 6.42 Å². The van der Waals surface area contributed by atoms with Crippen LogP contribution < -0.4 is 5.56 Å². The van der Waals surface area contributed by atoms with Crippen LogP contribution in [0.2, 0.25) is 0 Å².